The highest BCUT2D eigenvalue weighted by Crippen LogP contribution is 2.18. The Morgan fingerprint density at radius 3 is 2.79 bits per heavy atom. The number of carbonyl (C=O) groups excluding carboxylic acids is 1. The maximum atomic E-state index is 11.2. The van der Waals surface area contributed by atoms with Crippen molar-refractivity contribution in [1.29, 1.82) is 0 Å². The number of para-hydroxylation sites is 1. The fourth-order valence-electron chi connectivity index (χ4n) is 1.41. The van der Waals surface area contributed by atoms with Gasteiger partial charge in [0.25, 0.3) is 0 Å². The second kappa shape index (κ2) is 3.10. The average molecular weight is 186 g/mol. The van der Waals surface area contributed by atoms with Gasteiger partial charge in [-0.3, -0.25) is 4.79 Å². The minimum Gasteiger partial charge on any atom is -0.383 e. The van der Waals surface area contributed by atoms with Gasteiger partial charge in [0.1, 0.15) is 5.82 Å². The van der Waals surface area contributed by atoms with E-state index in [1.807, 2.05) is 24.3 Å². The van der Waals surface area contributed by atoms with Gasteiger partial charge in [-0.1, -0.05) is 18.2 Å². The summed E-state index contributed by atoms with van der Waals surface area (Å²) >= 11 is 0. The van der Waals surface area contributed by atoms with Gasteiger partial charge >= 0.3 is 0 Å². The molecule has 2 aromatic rings. The van der Waals surface area contributed by atoms with Crippen LogP contribution in [0, 0.1) is 0 Å². The molecular formula is C11H10N2O. The van der Waals surface area contributed by atoms with Crippen molar-refractivity contribution in [2.75, 3.05) is 5.73 Å². The number of rotatable bonds is 1. The zero-order valence-electron chi connectivity index (χ0n) is 7.82. The molecule has 1 aromatic carbocycles. The van der Waals surface area contributed by atoms with Crippen LogP contribution in [0.3, 0.4) is 0 Å². The largest absolute Gasteiger partial charge is 0.383 e. The third kappa shape index (κ3) is 1.33. The van der Waals surface area contributed by atoms with Crippen LogP contribution < -0.4 is 5.73 Å². The Hall–Kier alpha value is -1.90. The highest BCUT2D eigenvalue weighted by atomic mass is 16.1. The predicted molar refractivity (Wildman–Crippen MR) is 56.2 cm³/mol. The molecule has 14 heavy (non-hydrogen) atoms. The van der Waals surface area contributed by atoms with E-state index in [1.165, 1.54) is 6.92 Å². The van der Waals surface area contributed by atoms with Gasteiger partial charge < -0.3 is 5.73 Å². The molecule has 0 fully saturated rings. The van der Waals surface area contributed by atoms with Crippen LogP contribution in [0.4, 0.5) is 5.82 Å². The van der Waals surface area contributed by atoms with Crippen LogP contribution in [-0.2, 0) is 0 Å². The maximum Gasteiger partial charge on any atom is 0.163 e. The highest BCUT2D eigenvalue weighted by Gasteiger charge is 2.06. The summed E-state index contributed by atoms with van der Waals surface area (Å²) in [5.41, 5.74) is 6.96. The van der Waals surface area contributed by atoms with E-state index >= 15 is 0 Å². The minimum absolute atomic E-state index is 0.0549. The monoisotopic (exact) mass is 186 g/mol. The van der Waals surface area contributed by atoms with E-state index in [4.69, 9.17) is 5.73 Å². The van der Waals surface area contributed by atoms with Crippen LogP contribution in [0.25, 0.3) is 10.9 Å². The van der Waals surface area contributed by atoms with Crippen LogP contribution in [0.2, 0.25) is 0 Å². The molecule has 0 aliphatic rings. The SMILES string of the molecule is CC(=O)c1cc2ccccc2nc1N. The molecule has 0 unspecified atom stereocenters. The number of ketones is 1. The molecule has 3 nitrogen and oxygen atoms in total. The van der Waals surface area contributed by atoms with Crippen LogP contribution >= 0.6 is 0 Å². The van der Waals surface area contributed by atoms with Gasteiger partial charge in [0.15, 0.2) is 5.78 Å². The highest BCUT2D eigenvalue weighted by molar-refractivity contribution is 6.01. The molecule has 0 bridgehead atoms. The van der Waals surface area contributed by atoms with E-state index in [0.29, 0.717) is 11.4 Å². The lowest BCUT2D eigenvalue weighted by atomic mass is 10.1. The molecule has 2 N–H and O–H groups in total. The van der Waals surface area contributed by atoms with Crippen molar-refractivity contribution >= 4 is 22.5 Å². The number of nitrogens with zero attached hydrogens (tertiary/aromatic N) is 1. The maximum absolute atomic E-state index is 11.2. The predicted octanol–water partition coefficient (Wildman–Crippen LogP) is 2.02. The Balaban J connectivity index is 2.77. The molecule has 2 rings (SSSR count). The zero-order valence-corrected chi connectivity index (χ0v) is 7.82. The summed E-state index contributed by atoms with van der Waals surface area (Å²) in [6.07, 6.45) is 0. The summed E-state index contributed by atoms with van der Waals surface area (Å²) in [5.74, 6) is 0.247. The van der Waals surface area contributed by atoms with E-state index in [9.17, 15) is 4.79 Å². The number of benzene rings is 1. The molecule has 0 atom stereocenters. The topological polar surface area (TPSA) is 56.0 Å². The first-order chi connectivity index (χ1) is 6.68. The van der Waals surface area contributed by atoms with Gasteiger partial charge in [-0.05, 0) is 19.1 Å². The van der Waals surface area contributed by atoms with Gasteiger partial charge in [0.2, 0.25) is 0 Å². The molecule has 1 aromatic heterocycles. The Bertz CT molecular complexity index is 506. The molecule has 0 aliphatic carbocycles. The fourth-order valence-corrected chi connectivity index (χ4v) is 1.41. The zero-order chi connectivity index (χ0) is 10.1. The van der Waals surface area contributed by atoms with Crippen LogP contribution in [-0.4, -0.2) is 10.8 Å². The number of hydrogen-bond acceptors (Lipinski definition) is 3. The van der Waals surface area contributed by atoms with Crippen molar-refractivity contribution in [3.8, 4) is 0 Å². The lowest BCUT2D eigenvalue weighted by molar-refractivity contribution is 0.101. The number of carbonyl (C=O) groups is 1. The molecular weight excluding hydrogens is 176 g/mol. The van der Waals surface area contributed by atoms with E-state index < -0.39 is 0 Å². The third-order valence-corrected chi connectivity index (χ3v) is 2.13. The molecule has 70 valence electrons. The molecule has 0 amide bonds. The molecule has 0 saturated carbocycles. The van der Waals surface area contributed by atoms with Gasteiger partial charge in [0, 0.05) is 5.39 Å². The number of nitrogens with two attached hydrogens (primary N) is 1. The summed E-state index contributed by atoms with van der Waals surface area (Å²) in [4.78, 5) is 15.3. The van der Waals surface area contributed by atoms with E-state index in [-0.39, 0.29) is 5.78 Å². The first kappa shape index (κ1) is 8.69. The van der Waals surface area contributed by atoms with Gasteiger partial charge in [-0.15, -0.1) is 0 Å². The van der Waals surface area contributed by atoms with Crippen molar-refractivity contribution in [2.24, 2.45) is 0 Å². The van der Waals surface area contributed by atoms with Crippen molar-refractivity contribution in [1.82, 2.24) is 4.98 Å². The third-order valence-electron chi connectivity index (χ3n) is 2.13. The molecule has 1 heterocycles. The van der Waals surface area contributed by atoms with E-state index in [1.54, 1.807) is 6.07 Å². The smallest absolute Gasteiger partial charge is 0.163 e. The average Bonchev–Trinajstić information content (AvgIpc) is 2.16. The minimum atomic E-state index is -0.0549. The normalized spacial score (nSPS) is 10.4. The Morgan fingerprint density at radius 1 is 1.36 bits per heavy atom. The van der Waals surface area contributed by atoms with Crippen molar-refractivity contribution in [3.63, 3.8) is 0 Å². The van der Waals surface area contributed by atoms with Gasteiger partial charge in [-0.25, -0.2) is 4.98 Å². The molecule has 3 heteroatoms. The van der Waals surface area contributed by atoms with E-state index in [0.717, 1.165) is 10.9 Å². The molecule has 0 aliphatic heterocycles. The fraction of sp³-hybridized carbons (Fsp3) is 0.0909. The Labute approximate surface area is 81.6 Å². The van der Waals surface area contributed by atoms with E-state index in [2.05, 4.69) is 4.98 Å². The van der Waals surface area contributed by atoms with Crippen molar-refractivity contribution < 1.29 is 4.79 Å². The van der Waals surface area contributed by atoms with Crippen molar-refractivity contribution in [3.05, 3.63) is 35.9 Å². The first-order valence-electron chi connectivity index (χ1n) is 4.34. The standard InChI is InChI=1S/C11H10N2O/c1-7(14)9-6-8-4-2-3-5-10(8)13-11(9)12/h2-6H,1H3,(H2,12,13). The number of fused-ring (bicyclic) bond motifs is 1. The number of Topliss-reactive ketones (excluding diaryl/α,β-unsaturated/α-hetero) is 1. The second-order valence-corrected chi connectivity index (χ2v) is 3.17. The molecule has 0 spiro atoms. The second-order valence-electron chi connectivity index (χ2n) is 3.17. The van der Waals surface area contributed by atoms with Gasteiger partial charge in [0.05, 0.1) is 11.1 Å². The summed E-state index contributed by atoms with van der Waals surface area (Å²) in [6, 6.07) is 9.36. The summed E-state index contributed by atoms with van der Waals surface area (Å²) in [5, 5.41) is 0.937. The lowest BCUT2D eigenvalue weighted by Gasteiger charge is -2.03. The first-order valence-corrected chi connectivity index (χ1v) is 4.34. The summed E-state index contributed by atoms with van der Waals surface area (Å²) in [7, 11) is 0. The molecule has 0 radical (unpaired) electrons. The van der Waals surface area contributed by atoms with Crippen LogP contribution in [0.15, 0.2) is 30.3 Å². The quantitative estimate of drug-likeness (QED) is 0.693. The number of hydrogen-bond donors (Lipinski definition) is 1. The number of pyridine rings is 1. The van der Waals surface area contributed by atoms with Crippen LogP contribution in [0.5, 0.6) is 0 Å². The van der Waals surface area contributed by atoms with Gasteiger partial charge in [-0.2, -0.15) is 0 Å². The summed E-state index contributed by atoms with van der Waals surface area (Å²) < 4.78 is 0. The number of anilines is 1. The van der Waals surface area contributed by atoms with Crippen LogP contribution in [0.1, 0.15) is 17.3 Å². The Morgan fingerprint density at radius 2 is 2.07 bits per heavy atom. The number of nitrogen functional groups attached to an aromatic ring is 1. The molecule has 0 saturated heterocycles. The lowest BCUT2D eigenvalue weighted by Crippen LogP contribution is -2.02. The Kier molecular flexibility index (Phi) is 1.93. The number of aromatic nitrogens is 1. The van der Waals surface area contributed by atoms with Crippen molar-refractivity contribution in [2.45, 2.75) is 6.92 Å². The summed E-state index contributed by atoms with van der Waals surface area (Å²) in [6.45, 7) is 1.49.